The Labute approximate surface area is 119 Å². The molecule has 1 aliphatic rings. The zero-order chi connectivity index (χ0) is 14.0. The normalized spacial score (nSPS) is 19.2. The van der Waals surface area contributed by atoms with Crippen LogP contribution in [0.15, 0.2) is 18.2 Å². The quantitative estimate of drug-likeness (QED) is 0.819. The van der Waals surface area contributed by atoms with Crippen LogP contribution in [0.4, 0.5) is 5.69 Å². The molecule has 0 spiro atoms. The smallest absolute Gasteiger partial charge is 0.242 e. The summed E-state index contributed by atoms with van der Waals surface area (Å²) >= 11 is 5.13. The first-order valence-corrected chi connectivity index (χ1v) is 6.90. The van der Waals surface area contributed by atoms with E-state index in [1.54, 1.807) is 0 Å². The topological polar surface area (TPSA) is 58.4 Å². The Balaban J connectivity index is 2.50. The number of rotatable bonds is 3. The lowest BCUT2D eigenvalue weighted by Crippen LogP contribution is -2.55. The number of nitrogens with one attached hydrogen (secondary N) is 1. The van der Waals surface area contributed by atoms with Crippen molar-refractivity contribution in [2.45, 2.75) is 26.3 Å². The second-order valence-electron chi connectivity index (χ2n) is 4.74. The van der Waals surface area contributed by atoms with Gasteiger partial charge < -0.3 is 16.0 Å². The lowest BCUT2D eigenvalue weighted by molar-refractivity contribution is -0.123. The van der Waals surface area contributed by atoms with Gasteiger partial charge in [0.25, 0.3) is 0 Å². The number of carbonyl (C=O) groups excluding carboxylic acids is 1. The minimum atomic E-state index is -0.150. The van der Waals surface area contributed by atoms with Gasteiger partial charge in [-0.15, -0.1) is 0 Å². The highest BCUT2D eigenvalue weighted by Gasteiger charge is 2.30. The predicted octanol–water partition coefficient (Wildman–Crippen LogP) is 1.34. The molecular weight excluding hydrogens is 258 g/mol. The number of aryl methyl sites for hydroxylation is 1. The molecule has 0 aliphatic carbocycles. The fourth-order valence-corrected chi connectivity index (χ4v) is 2.79. The molecule has 1 aliphatic heterocycles. The molecule has 0 aromatic heterocycles. The zero-order valence-electron chi connectivity index (χ0n) is 11.3. The number of para-hydroxylation sites is 1. The van der Waals surface area contributed by atoms with Gasteiger partial charge in [0.15, 0.2) is 0 Å². The number of thiocarbonyl (C=S) groups is 1. The summed E-state index contributed by atoms with van der Waals surface area (Å²) in [5.74, 6) is 0.0749. The third-order valence-electron chi connectivity index (χ3n) is 3.51. The summed E-state index contributed by atoms with van der Waals surface area (Å²) in [7, 11) is 0. The third-order valence-corrected chi connectivity index (χ3v) is 3.73. The van der Waals surface area contributed by atoms with Gasteiger partial charge in [0, 0.05) is 18.7 Å². The van der Waals surface area contributed by atoms with E-state index in [1.807, 2.05) is 32.0 Å². The Morgan fingerprint density at radius 2 is 2.32 bits per heavy atom. The van der Waals surface area contributed by atoms with Gasteiger partial charge in [-0.25, -0.2) is 0 Å². The number of piperazine rings is 1. The minimum absolute atomic E-state index is 0.0749. The van der Waals surface area contributed by atoms with Gasteiger partial charge in [-0.1, -0.05) is 31.3 Å². The van der Waals surface area contributed by atoms with Crippen LogP contribution in [0.5, 0.6) is 0 Å². The highest BCUT2D eigenvalue weighted by Crippen LogP contribution is 2.28. The molecular formula is C14H19N3OS. The molecule has 1 saturated heterocycles. The largest absolute Gasteiger partial charge is 0.389 e. The van der Waals surface area contributed by atoms with Crippen molar-refractivity contribution in [1.29, 1.82) is 0 Å². The van der Waals surface area contributed by atoms with Crippen molar-refractivity contribution in [2.24, 2.45) is 5.73 Å². The maximum atomic E-state index is 12.0. The number of anilines is 1. The fourth-order valence-electron chi connectivity index (χ4n) is 2.63. The van der Waals surface area contributed by atoms with E-state index in [0.717, 1.165) is 29.8 Å². The second-order valence-corrected chi connectivity index (χ2v) is 5.18. The van der Waals surface area contributed by atoms with Crippen LogP contribution in [0, 0.1) is 6.92 Å². The molecule has 1 heterocycles. The van der Waals surface area contributed by atoms with Gasteiger partial charge in [-0.2, -0.15) is 0 Å². The standard InChI is InChI=1S/C14H19N3OS/c1-3-11-14(18)16-7-8-17(11)12-9(2)5-4-6-10(12)13(15)19/h4-6,11H,3,7-8H2,1-2H3,(H2,15,19)(H,16,18). The van der Waals surface area contributed by atoms with E-state index in [9.17, 15) is 4.79 Å². The van der Waals surface area contributed by atoms with E-state index in [4.69, 9.17) is 18.0 Å². The maximum absolute atomic E-state index is 12.0. The van der Waals surface area contributed by atoms with Crippen molar-refractivity contribution in [3.05, 3.63) is 29.3 Å². The highest BCUT2D eigenvalue weighted by molar-refractivity contribution is 7.80. The molecule has 1 atom stereocenters. The summed E-state index contributed by atoms with van der Waals surface area (Å²) in [4.78, 5) is 14.5. The van der Waals surface area contributed by atoms with E-state index in [2.05, 4.69) is 10.2 Å². The van der Waals surface area contributed by atoms with Crippen LogP contribution in [0.2, 0.25) is 0 Å². The SMILES string of the molecule is CCC1C(=O)NCCN1c1c(C)cccc1C(N)=S. The van der Waals surface area contributed by atoms with Gasteiger partial charge in [0.05, 0.1) is 5.69 Å². The lowest BCUT2D eigenvalue weighted by Gasteiger charge is -2.38. The summed E-state index contributed by atoms with van der Waals surface area (Å²) in [5, 5.41) is 2.91. The summed E-state index contributed by atoms with van der Waals surface area (Å²) in [5.41, 5.74) is 8.76. The Morgan fingerprint density at radius 3 is 2.95 bits per heavy atom. The van der Waals surface area contributed by atoms with Crippen LogP contribution in [0.3, 0.4) is 0 Å². The molecule has 1 aromatic carbocycles. The van der Waals surface area contributed by atoms with Gasteiger partial charge in [0.1, 0.15) is 11.0 Å². The Bertz CT molecular complexity index is 515. The highest BCUT2D eigenvalue weighted by atomic mass is 32.1. The second kappa shape index (κ2) is 5.57. The average molecular weight is 277 g/mol. The van der Waals surface area contributed by atoms with Gasteiger partial charge in [0.2, 0.25) is 5.91 Å². The zero-order valence-corrected chi connectivity index (χ0v) is 12.1. The molecule has 1 unspecified atom stereocenters. The number of benzene rings is 1. The monoisotopic (exact) mass is 277 g/mol. The average Bonchev–Trinajstić information content (AvgIpc) is 2.38. The molecule has 102 valence electrons. The Morgan fingerprint density at radius 1 is 1.58 bits per heavy atom. The summed E-state index contributed by atoms with van der Waals surface area (Å²) in [6.07, 6.45) is 0.761. The van der Waals surface area contributed by atoms with Crippen LogP contribution in [-0.2, 0) is 4.79 Å². The summed E-state index contributed by atoms with van der Waals surface area (Å²) in [6.45, 7) is 5.47. The molecule has 1 aromatic rings. The van der Waals surface area contributed by atoms with Crippen molar-refractivity contribution >= 4 is 28.8 Å². The van der Waals surface area contributed by atoms with Crippen molar-refractivity contribution in [2.75, 3.05) is 18.0 Å². The van der Waals surface area contributed by atoms with Crippen LogP contribution >= 0.6 is 12.2 Å². The Hall–Kier alpha value is -1.62. The summed E-state index contributed by atoms with van der Waals surface area (Å²) in [6, 6.07) is 5.74. The van der Waals surface area contributed by atoms with Crippen LogP contribution in [0.25, 0.3) is 0 Å². The molecule has 19 heavy (non-hydrogen) atoms. The number of nitrogens with two attached hydrogens (primary N) is 1. The van der Waals surface area contributed by atoms with Crippen molar-refractivity contribution in [1.82, 2.24) is 5.32 Å². The summed E-state index contributed by atoms with van der Waals surface area (Å²) < 4.78 is 0. The molecule has 1 fully saturated rings. The number of carbonyl (C=O) groups is 1. The molecule has 0 saturated carbocycles. The van der Waals surface area contributed by atoms with Crippen molar-refractivity contribution in [3.63, 3.8) is 0 Å². The van der Waals surface area contributed by atoms with Gasteiger partial charge in [-0.3, -0.25) is 4.79 Å². The number of hydrogen-bond donors (Lipinski definition) is 2. The Kier molecular flexibility index (Phi) is 4.04. The van der Waals surface area contributed by atoms with Gasteiger partial charge in [-0.05, 0) is 25.0 Å². The van der Waals surface area contributed by atoms with Crippen LogP contribution < -0.4 is 16.0 Å². The molecule has 1 amide bonds. The minimum Gasteiger partial charge on any atom is -0.389 e. The fraction of sp³-hybridized carbons (Fsp3) is 0.429. The lowest BCUT2D eigenvalue weighted by atomic mass is 10.0. The van der Waals surface area contributed by atoms with E-state index in [-0.39, 0.29) is 11.9 Å². The van der Waals surface area contributed by atoms with E-state index < -0.39 is 0 Å². The maximum Gasteiger partial charge on any atom is 0.242 e. The molecule has 3 N–H and O–H groups in total. The first kappa shape index (κ1) is 13.8. The first-order chi connectivity index (χ1) is 9.06. The number of nitrogens with zero attached hydrogens (tertiary/aromatic N) is 1. The van der Waals surface area contributed by atoms with E-state index >= 15 is 0 Å². The third kappa shape index (κ3) is 2.56. The number of amides is 1. The molecule has 0 radical (unpaired) electrons. The molecule has 4 nitrogen and oxygen atoms in total. The first-order valence-electron chi connectivity index (χ1n) is 6.50. The van der Waals surface area contributed by atoms with Crippen molar-refractivity contribution in [3.8, 4) is 0 Å². The van der Waals surface area contributed by atoms with E-state index in [0.29, 0.717) is 11.5 Å². The molecule has 0 bridgehead atoms. The predicted molar refractivity (Wildman–Crippen MR) is 81.5 cm³/mol. The van der Waals surface area contributed by atoms with E-state index in [1.165, 1.54) is 0 Å². The van der Waals surface area contributed by atoms with Crippen LogP contribution in [0.1, 0.15) is 24.5 Å². The number of hydrogen-bond acceptors (Lipinski definition) is 3. The molecule has 5 heteroatoms. The van der Waals surface area contributed by atoms with Gasteiger partial charge >= 0.3 is 0 Å². The van der Waals surface area contributed by atoms with Crippen molar-refractivity contribution < 1.29 is 4.79 Å². The molecule has 2 rings (SSSR count). The van der Waals surface area contributed by atoms with Crippen LogP contribution in [-0.4, -0.2) is 30.0 Å².